The van der Waals surface area contributed by atoms with Gasteiger partial charge < -0.3 is 29.2 Å². The molecule has 0 unspecified atom stereocenters. The minimum absolute atomic E-state index is 0.0410. The van der Waals surface area contributed by atoms with E-state index in [2.05, 4.69) is 0 Å². The van der Waals surface area contributed by atoms with Gasteiger partial charge in [0, 0.05) is 11.1 Å². The summed E-state index contributed by atoms with van der Waals surface area (Å²) in [6, 6.07) is 7.04. The van der Waals surface area contributed by atoms with E-state index in [-0.39, 0.29) is 49.1 Å². The number of benzene rings is 2. The van der Waals surface area contributed by atoms with Crippen LogP contribution in [0, 0.1) is 11.8 Å². The smallest absolute Gasteiger partial charge is 0.310 e. The molecule has 0 heterocycles. The van der Waals surface area contributed by atoms with Crippen molar-refractivity contribution < 1.29 is 38.7 Å². The fourth-order valence-electron chi connectivity index (χ4n) is 4.81. The molecule has 8 heteroatoms. The molecule has 0 saturated carbocycles. The Kier molecular flexibility index (Phi) is 10.9. The monoisotopic (exact) mass is 558 g/mol. The van der Waals surface area contributed by atoms with E-state index in [4.69, 9.17) is 18.9 Å². The van der Waals surface area contributed by atoms with Crippen molar-refractivity contribution in [1.82, 2.24) is 0 Å². The molecule has 0 amide bonds. The standard InChI is InChI=1S/C32H46O8/c1-11-39-29(35)21(13-19-15-23(31(3,4)5)27(33)25(17-19)37-9)22(30(36)40-12-2)14-20-16-24(32(6,7)8)28(34)26(18-20)38-10/h15-18,21-22,33-34H,11-14H2,1-10H3/t21-,22+. The lowest BCUT2D eigenvalue weighted by Gasteiger charge is -2.27. The summed E-state index contributed by atoms with van der Waals surface area (Å²) in [5.74, 6) is -2.17. The Morgan fingerprint density at radius 1 is 0.675 bits per heavy atom. The summed E-state index contributed by atoms with van der Waals surface area (Å²) in [6.45, 7) is 15.6. The number of carbonyl (C=O) groups is 2. The first-order valence-corrected chi connectivity index (χ1v) is 13.7. The summed E-state index contributed by atoms with van der Waals surface area (Å²) in [6.07, 6.45) is 0.312. The van der Waals surface area contributed by atoms with E-state index in [1.807, 2.05) is 53.7 Å². The van der Waals surface area contributed by atoms with Gasteiger partial charge in [-0.2, -0.15) is 0 Å². The molecule has 0 spiro atoms. The third kappa shape index (κ3) is 7.83. The van der Waals surface area contributed by atoms with Gasteiger partial charge >= 0.3 is 11.9 Å². The summed E-state index contributed by atoms with van der Waals surface area (Å²) in [7, 11) is 2.95. The second kappa shape index (κ2) is 13.3. The molecule has 2 aromatic rings. The van der Waals surface area contributed by atoms with E-state index in [1.165, 1.54) is 14.2 Å². The Bertz CT molecular complexity index is 1090. The van der Waals surface area contributed by atoms with Gasteiger partial charge in [-0.15, -0.1) is 0 Å². The molecular weight excluding hydrogens is 512 g/mol. The Labute approximate surface area is 238 Å². The fraction of sp³-hybridized carbons (Fsp3) is 0.562. The van der Waals surface area contributed by atoms with Crippen LogP contribution in [0.2, 0.25) is 0 Å². The molecule has 0 bridgehead atoms. The SMILES string of the molecule is CCOC(=O)[C@@H](Cc1cc(OC)c(O)c(C(C)(C)C)c1)[C@@H](Cc1cc(OC)c(O)c(C(C)(C)C)c1)C(=O)OCC. The lowest BCUT2D eigenvalue weighted by Crippen LogP contribution is -2.36. The zero-order chi connectivity index (χ0) is 30.4. The molecule has 0 aliphatic heterocycles. The zero-order valence-corrected chi connectivity index (χ0v) is 25.6. The molecule has 0 fully saturated rings. The highest BCUT2D eigenvalue weighted by molar-refractivity contribution is 5.83. The van der Waals surface area contributed by atoms with Crippen LogP contribution >= 0.6 is 0 Å². The van der Waals surface area contributed by atoms with Gasteiger partial charge in [0.1, 0.15) is 0 Å². The average Bonchev–Trinajstić information content (AvgIpc) is 2.86. The highest BCUT2D eigenvalue weighted by Gasteiger charge is 2.37. The van der Waals surface area contributed by atoms with Crippen LogP contribution in [0.25, 0.3) is 0 Å². The molecule has 2 aromatic carbocycles. The maximum atomic E-state index is 13.4. The lowest BCUT2D eigenvalue weighted by molar-refractivity contribution is -0.160. The minimum Gasteiger partial charge on any atom is -0.504 e. The average molecular weight is 559 g/mol. The van der Waals surface area contributed by atoms with Crippen molar-refractivity contribution in [2.75, 3.05) is 27.4 Å². The fourth-order valence-corrected chi connectivity index (χ4v) is 4.81. The Balaban J connectivity index is 2.69. The maximum Gasteiger partial charge on any atom is 0.310 e. The van der Waals surface area contributed by atoms with E-state index in [0.29, 0.717) is 22.3 Å². The van der Waals surface area contributed by atoms with Gasteiger partial charge in [-0.05, 0) is 60.8 Å². The highest BCUT2D eigenvalue weighted by atomic mass is 16.5. The number of phenolic OH excluding ortho intramolecular Hbond substituents is 2. The number of hydrogen-bond donors (Lipinski definition) is 2. The number of methoxy groups -OCH3 is 2. The van der Waals surface area contributed by atoms with E-state index in [1.54, 1.807) is 26.0 Å². The third-order valence-corrected chi connectivity index (χ3v) is 6.90. The van der Waals surface area contributed by atoms with Crippen molar-refractivity contribution in [1.29, 1.82) is 0 Å². The van der Waals surface area contributed by atoms with Crippen LogP contribution in [-0.4, -0.2) is 49.6 Å². The number of ether oxygens (including phenoxy) is 4. The predicted octanol–water partition coefficient (Wildman–Crippen LogP) is 5.85. The third-order valence-electron chi connectivity index (χ3n) is 6.90. The van der Waals surface area contributed by atoms with Gasteiger partial charge in [-0.1, -0.05) is 53.7 Å². The van der Waals surface area contributed by atoms with Crippen LogP contribution < -0.4 is 9.47 Å². The number of esters is 2. The van der Waals surface area contributed by atoms with Gasteiger partial charge in [0.05, 0.1) is 39.3 Å². The Morgan fingerprint density at radius 2 is 1.00 bits per heavy atom. The van der Waals surface area contributed by atoms with Gasteiger partial charge in [0.15, 0.2) is 23.0 Å². The molecule has 222 valence electrons. The van der Waals surface area contributed by atoms with Crippen LogP contribution in [0.4, 0.5) is 0 Å². The van der Waals surface area contributed by atoms with Gasteiger partial charge in [-0.3, -0.25) is 9.59 Å². The van der Waals surface area contributed by atoms with E-state index < -0.39 is 34.6 Å². The summed E-state index contributed by atoms with van der Waals surface area (Å²) in [4.78, 5) is 26.8. The first-order chi connectivity index (χ1) is 18.6. The van der Waals surface area contributed by atoms with Crippen LogP contribution in [0.3, 0.4) is 0 Å². The molecule has 2 N–H and O–H groups in total. The molecule has 0 aliphatic carbocycles. The first kappa shape index (κ1) is 32.8. The highest BCUT2D eigenvalue weighted by Crippen LogP contribution is 2.41. The van der Waals surface area contributed by atoms with Gasteiger partial charge in [0.2, 0.25) is 0 Å². The molecule has 2 rings (SSSR count). The molecule has 40 heavy (non-hydrogen) atoms. The van der Waals surface area contributed by atoms with Crippen LogP contribution in [-0.2, 0) is 42.7 Å². The van der Waals surface area contributed by atoms with Crippen molar-refractivity contribution in [3.8, 4) is 23.0 Å². The summed E-state index contributed by atoms with van der Waals surface area (Å²) >= 11 is 0. The topological polar surface area (TPSA) is 112 Å². The number of carbonyl (C=O) groups excluding carboxylic acids is 2. The van der Waals surface area contributed by atoms with Crippen molar-refractivity contribution in [2.24, 2.45) is 11.8 Å². The predicted molar refractivity (Wildman–Crippen MR) is 154 cm³/mol. The van der Waals surface area contributed by atoms with Crippen molar-refractivity contribution >= 4 is 11.9 Å². The minimum atomic E-state index is -0.890. The van der Waals surface area contributed by atoms with Crippen molar-refractivity contribution in [3.05, 3.63) is 46.5 Å². The molecule has 8 nitrogen and oxygen atoms in total. The second-order valence-corrected chi connectivity index (χ2v) is 12.0. The molecule has 2 atom stereocenters. The van der Waals surface area contributed by atoms with Crippen LogP contribution in [0.5, 0.6) is 23.0 Å². The molecule has 0 saturated heterocycles. The molecular formula is C32H46O8. The number of aromatic hydroxyl groups is 2. The normalized spacial score (nSPS) is 13.3. The number of hydrogen-bond acceptors (Lipinski definition) is 8. The van der Waals surface area contributed by atoms with Crippen molar-refractivity contribution in [3.63, 3.8) is 0 Å². The summed E-state index contributed by atoms with van der Waals surface area (Å²) in [5, 5.41) is 21.6. The van der Waals surface area contributed by atoms with E-state index >= 15 is 0 Å². The largest absolute Gasteiger partial charge is 0.504 e. The van der Waals surface area contributed by atoms with Gasteiger partial charge in [0.25, 0.3) is 0 Å². The van der Waals surface area contributed by atoms with Gasteiger partial charge in [-0.25, -0.2) is 0 Å². The number of phenols is 2. The van der Waals surface area contributed by atoms with Crippen LogP contribution in [0.1, 0.15) is 77.6 Å². The quantitative estimate of drug-likeness (QED) is 0.330. The maximum absolute atomic E-state index is 13.4. The molecule has 0 aliphatic rings. The second-order valence-electron chi connectivity index (χ2n) is 12.0. The molecule has 0 radical (unpaired) electrons. The number of rotatable bonds is 11. The molecule has 0 aromatic heterocycles. The lowest BCUT2D eigenvalue weighted by atomic mass is 9.79. The Morgan fingerprint density at radius 3 is 1.25 bits per heavy atom. The van der Waals surface area contributed by atoms with E-state index in [9.17, 15) is 19.8 Å². The van der Waals surface area contributed by atoms with Crippen molar-refractivity contribution in [2.45, 2.75) is 79.1 Å². The summed E-state index contributed by atoms with van der Waals surface area (Å²) in [5.41, 5.74) is 1.94. The van der Waals surface area contributed by atoms with Crippen LogP contribution in [0.15, 0.2) is 24.3 Å². The summed E-state index contributed by atoms with van der Waals surface area (Å²) < 4.78 is 21.8. The van der Waals surface area contributed by atoms with E-state index in [0.717, 1.165) is 0 Å². The zero-order valence-electron chi connectivity index (χ0n) is 25.6. The Hall–Kier alpha value is -3.42. The first-order valence-electron chi connectivity index (χ1n) is 13.7.